The second-order valence-electron chi connectivity index (χ2n) is 5.29. The summed E-state index contributed by atoms with van der Waals surface area (Å²) in [5, 5.41) is 0. The monoisotopic (exact) mass is 292 g/mol. The van der Waals surface area contributed by atoms with Crippen LogP contribution in [0.1, 0.15) is 32.3 Å². The fraction of sp³-hybridized carbons (Fsp3) is 0.588. The van der Waals surface area contributed by atoms with Gasteiger partial charge >= 0.3 is 0 Å². The summed E-state index contributed by atoms with van der Waals surface area (Å²) in [7, 11) is 1.65. The van der Waals surface area contributed by atoms with Crippen LogP contribution in [0.15, 0.2) is 30.3 Å². The molecule has 21 heavy (non-hydrogen) atoms. The molecule has 1 amide bonds. The quantitative estimate of drug-likeness (QED) is 0.759. The maximum atomic E-state index is 12.7. The zero-order valence-corrected chi connectivity index (χ0v) is 13.4. The van der Waals surface area contributed by atoms with Gasteiger partial charge in [0.05, 0.1) is 12.6 Å². The summed E-state index contributed by atoms with van der Waals surface area (Å²) < 4.78 is 5.12. The van der Waals surface area contributed by atoms with Gasteiger partial charge in [0.25, 0.3) is 0 Å². The van der Waals surface area contributed by atoms with Crippen molar-refractivity contribution in [2.24, 2.45) is 5.73 Å². The number of hydrogen-bond acceptors (Lipinski definition) is 3. The Labute approximate surface area is 128 Å². The largest absolute Gasteiger partial charge is 0.383 e. The van der Waals surface area contributed by atoms with E-state index < -0.39 is 6.04 Å². The van der Waals surface area contributed by atoms with Gasteiger partial charge in [-0.2, -0.15) is 0 Å². The lowest BCUT2D eigenvalue weighted by atomic mass is 10.0. The average molecular weight is 292 g/mol. The molecule has 0 aliphatic rings. The first-order valence-electron chi connectivity index (χ1n) is 7.72. The lowest BCUT2D eigenvalue weighted by Crippen LogP contribution is -2.50. The van der Waals surface area contributed by atoms with Crippen molar-refractivity contribution >= 4 is 5.91 Å². The second kappa shape index (κ2) is 9.53. The summed E-state index contributed by atoms with van der Waals surface area (Å²) in [5.74, 6) is 0.0182. The van der Waals surface area contributed by atoms with Crippen LogP contribution < -0.4 is 5.73 Å². The first-order chi connectivity index (χ1) is 10.1. The Bertz CT molecular complexity index is 405. The van der Waals surface area contributed by atoms with Crippen molar-refractivity contribution in [2.45, 2.75) is 45.2 Å². The SMILES string of the molecule is CCC(CC)N(CCOC)C(=O)C(N)Cc1ccccc1. The minimum absolute atomic E-state index is 0.0182. The molecule has 0 aromatic heterocycles. The first kappa shape index (κ1) is 17.7. The summed E-state index contributed by atoms with van der Waals surface area (Å²) in [4.78, 5) is 14.5. The first-order valence-corrected chi connectivity index (χ1v) is 7.72. The van der Waals surface area contributed by atoms with E-state index >= 15 is 0 Å². The number of nitrogens with zero attached hydrogens (tertiary/aromatic N) is 1. The molecule has 1 unspecified atom stereocenters. The average Bonchev–Trinajstić information content (AvgIpc) is 2.51. The van der Waals surface area contributed by atoms with Crippen molar-refractivity contribution < 1.29 is 9.53 Å². The van der Waals surface area contributed by atoms with Crippen LogP contribution >= 0.6 is 0 Å². The van der Waals surface area contributed by atoms with Crippen LogP contribution in [-0.4, -0.2) is 43.2 Å². The molecule has 4 heteroatoms. The number of carbonyl (C=O) groups excluding carboxylic acids is 1. The van der Waals surface area contributed by atoms with Crippen LogP contribution in [0.5, 0.6) is 0 Å². The molecule has 118 valence electrons. The van der Waals surface area contributed by atoms with Crippen LogP contribution in [-0.2, 0) is 16.0 Å². The fourth-order valence-electron chi connectivity index (χ4n) is 2.56. The van der Waals surface area contributed by atoms with E-state index in [-0.39, 0.29) is 11.9 Å². The van der Waals surface area contributed by atoms with Crippen molar-refractivity contribution in [3.63, 3.8) is 0 Å². The van der Waals surface area contributed by atoms with Gasteiger partial charge in [-0.15, -0.1) is 0 Å². The van der Waals surface area contributed by atoms with E-state index in [1.807, 2.05) is 35.2 Å². The third-order valence-electron chi connectivity index (χ3n) is 3.82. The van der Waals surface area contributed by atoms with Crippen molar-refractivity contribution in [1.29, 1.82) is 0 Å². The van der Waals surface area contributed by atoms with Gasteiger partial charge in [0.1, 0.15) is 0 Å². The maximum Gasteiger partial charge on any atom is 0.240 e. The Hall–Kier alpha value is -1.39. The maximum absolute atomic E-state index is 12.7. The van der Waals surface area contributed by atoms with Crippen molar-refractivity contribution in [3.05, 3.63) is 35.9 Å². The number of rotatable bonds is 9. The highest BCUT2D eigenvalue weighted by Gasteiger charge is 2.25. The predicted octanol–water partition coefficient (Wildman–Crippen LogP) is 2.22. The van der Waals surface area contributed by atoms with E-state index in [2.05, 4.69) is 13.8 Å². The molecule has 0 heterocycles. The van der Waals surface area contributed by atoms with Gasteiger partial charge in [0.15, 0.2) is 0 Å². The second-order valence-corrected chi connectivity index (χ2v) is 5.29. The number of nitrogens with two attached hydrogens (primary N) is 1. The zero-order valence-electron chi connectivity index (χ0n) is 13.4. The molecule has 0 saturated carbocycles. The molecule has 0 fully saturated rings. The standard InChI is InChI=1S/C17H28N2O2/c1-4-15(5-2)19(11-12-21-3)17(20)16(18)13-14-9-7-6-8-10-14/h6-10,15-16H,4-5,11-13,18H2,1-3H3. The van der Waals surface area contributed by atoms with Crippen molar-refractivity contribution in [3.8, 4) is 0 Å². The molecule has 0 spiro atoms. The van der Waals surface area contributed by atoms with Crippen LogP contribution in [0.2, 0.25) is 0 Å². The van der Waals surface area contributed by atoms with E-state index in [1.54, 1.807) is 7.11 Å². The number of benzene rings is 1. The molecule has 1 atom stereocenters. The van der Waals surface area contributed by atoms with Crippen LogP contribution in [0.3, 0.4) is 0 Å². The number of methoxy groups -OCH3 is 1. The lowest BCUT2D eigenvalue weighted by Gasteiger charge is -2.32. The minimum atomic E-state index is -0.496. The number of carbonyl (C=O) groups is 1. The molecule has 1 aromatic rings. The smallest absolute Gasteiger partial charge is 0.240 e. The third kappa shape index (κ3) is 5.48. The zero-order chi connectivity index (χ0) is 15.7. The number of amides is 1. The van der Waals surface area contributed by atoms with Gasteiger partial charge < -0.3 is 15.4 Å². The van der Waals surface area contributed by atoms with Gasteiger partial charge in [-0.3, -0.25) is 4.79 Å². The summed E-state index contributed by atoms with van der Waals surface area (Å²) >= 11 is 0. The molecule has 1 rings (SSSR count). The molecule has 4 nitrogen and oxygen atoms in total. The minimum Gasteiger partial charge on any atom is -0.383 e. The van der Waals surface area contributed by atoms with Gasteiger partial charge in [-0.25, -0.2) is 0 Å². The highest BCUT2D eigenvalue weighted by atomic mass is 16.5. The van der Waals surface area contributed by atoms with Gasteiger partial charge in [0.2, 0.25) is 5.91 Å². The fourth-order valence-corrected chi connectivity index (χ4v) is 2.56. The lowest BCUT2D eigenvalue weighted by molar-refractivity contribution is -0.135. The molecule has 0 saturated heterocycles. The van der Waals surface area contributed by atoms with Gasteiger partial charge in [-0.1, -0.05) is 44.2 Å². The number of hydrogen-bond donors (Lipinski definition) is 1. The molecule has 0 aliphatic heterocycles. The predicted molar refractivity (Wildman–Crippen MR) is 86.1 cm³/mol. The molecule has 0 radical (unpaired) electrons. The topological polar surface area (TPSA) is 55.6 Å². The van der Waals surface area contributed by atoms with E-state index in [9.17, 15) is 4.79 Å². The summed E-state index contributed by atoms with van der Waals surface area (Å²) in [5.41, 5.74) is 7.23. The Morgan fingerprint density at radius 3 is 2.38 bits per heavy atom. The summed E-state index contributed by atoms with van der Waals surface area (Å²) in [6.07, 6.45) is 2.44. The molecule has 0 bridgehead atoms. The Morgan fingerprint density at radius 2 is 1.86 bits per heavy atom. The Morgan fingerprint density at radius 1 is 1.24 bits per heavy atom. The molecular weight excluding hydrogens is 264 g/mol. The van der Waals surface area contributed by atoms with E-state index in [0.29, 0.717) is 19.6 Å². The normalized spacial score (nSPS) is 12.4. The molecule has 1 aromatic carbocycles. The highest BCUT2D eigenvalue weighted by molar-refractivity contribution is 5.82. The van der Waals surface area contributed by atoms with E-state index in [1.165, 1.54) is 0 Å². The molecule has 2 N–H and O–H groups in total. The van der Waals surface area contributed by atoms with Crippen molar-refractivity contribution in [2.75, 3.05) is 20.3 Å². The van der Waals surface area contributed by atoms with E-state index in [4.69, 9.17) is 10.5 Å². The van der Waals surface area contributed by atoms with Gasteiger partial charge in [0, 0.05) is 19.7 Å². The highest BCUT2D eigenvalue weighted by Crippen LogP contribution is 2.12. The summed E-state index contributed by atoms with van der Waals surface area (Å²) in [6.45, 7) is 5.35. The third-order valence-corrected chi connectivity index (χ3v) is 3.82. The molecular formula is C17H28N2O2. The van der Waals surface area contributed by atoms with Crippen LogP contribution in [0.25, 0.3) is 0 Å². The van der Waals surface area contributed by atoms with Crippen LogP contribution in [0, 0.1) is 0 Å². The Kier molecular flexibility index (Phi) is 8.01. The van der Waals surface area contributed by atoms with Crippen molar-refractivity contribution in [1.82, 2.24) is 4.90 Å². The number of ether oxygens (including phenoxy) is 1. The molecule has 0 aliphatic carbocycles. The van der Waals surface area contributed by atoms with Gasteiger partial charge in [-0.05, 0) is 24.8 Å². The van der Waals surface area contributed by atoms with E-state index in [0.717, 1.165) is 18.4 Å². The van der Waals surface area contributed by atoms with Crippen LogP contribution in [0.4, 0.5) is 0 Å². The summed E-state index contributed by atoms with van der Waals surface area (Å²) in [6, 6.07) is 9.64. The Balaban J connectivity index is 2.73.